The van der Waals surface area contributed by atoms with Crippen molar-refractivity contribution in [1.82, 2.24) is 10.4 Å². The SMILES string of the molecule is CN(C)NC(=O)CSCc1ccccc1Cl. The fourth-order valence-corrected chi connectivity index (χ4v) is 2.26. The van der Waals surface area contributed by atoms with E-state index in [0.717, 1.165) is 16.3 Å². The highest BCUT2D eigenvalue weighted by Crippen LogP contribution is 2.20. The van der Waals surface area contributed by atoms with E-state index < -0.39 is 0 Å². The van der Waals surface area contributed by atoms with Gasteiger partial charge < -0.3 is 0 Å². The maximum atomic E-state index is 11.3. The highest BCUT2D eigenvalue weighted by Gasteiger charge is 2.04. The van der Waals surface area contributed by atoms with Crippen molar-refractivity contribution in [2.24, 2.45) is 0 Å². The number of hydrogen-bond donors (Lipinski definition) is 1. The van der Waals surface area contributed by atoms with Crippen molar-refractivity contribution in [3.63, 3.8) is 0 Å². The molecule has 1 amide bonds. The third kappa shape index (κ3) is 4.88. The standard InChI is InChI=1S/C11H15ClN2OS/c1-14(2)13-11(15)8-16-7-9-5-3-4-6-10(9)12/h3-6H,7-8H2,1-2H3,(H,13,15). The molecule has 1 aromatic rings. The molecule has 0 aliphatic heterocycles. The van der Waals surface area contributed by atoms with Crippen LogP contribution in [0.2, 0.25) is 5.02 Å². The third-order valence-electron chi connectivity index (χ3n) is 1.80. The molecule has 0 spiro atoms. The van der Waals surface area contributed by atoms with Crippen LogP contribution in [0.1, 0.15) is 5.56 Å². The van der Waals surface area contributed by atoms with Crippen LogP contribution in [-0.2, 0) is 10.5 Å². The minimum absolute atomic E-state index is 0.00190. The summed E-state index contributed by atoms with van der Waals surface area (Å²) in [5, 5.41) is 2.39. The second-order valence-electron chi connectivity index (χ2n) is 3.51. The van der Waals surface area contributed by atoms with E-state index in [0.29, 0.717) is 5.75 Å². The summed E-state index contributed by atoms with van der Waals surface area (Å²) in [6.45, 7) is 0. The van der Waals surface area contributed by atoms with Crippen LogP contribution in [-0.4, -0.2) is 30.8 Å². The van der Waals surface area contributed by atoms with E-state index in [9.17, 15) is 4.79 Å². The van der Waals surface area contributed by atoms with E-state index in [2.05, 4.69) is 5.43 Å². The van der Waals surface area contributed by atoms with Gasteiger partial charge >= 0.3 is 0 Å². The van der Waals surface area contributed by atoms with Gasteiger partial charge in [-0.1, -0.05) is 29.8 Å². The lowest BCUT2D eigenvalue weighted by molar-refractivity contribution is -0.122. The van der Waals surface area contributed by atoms with Crippen LogP contribution in [0.5, 0.6) is 0 Å². The number of thioether (sulfide) groups is 1. The zero-order valence-electron chi connectivity index (χ0n) is 9.37. The predicted molar refractivity (Wildman–Crippen MR) is 69.4 cm³/mol. The van der Waals surface area contributed by atoms with Crippen molar-refractivity contribution in [2.45, 2.75) is 5.75 Å². The van der Waals surface area contributed by atoms with Gasteiger partial charge in [-0.3, -0.25) is 10.2 Å². The number of carbonyl (C=O) groups is 1. The molecule has 0 aromatic heterocycles. The van der Waals surface area contributed by atoms with Crippen molar-refractivity contribution in [3.8, 4) is 0 Å². The van der Waals surface area contributed by atoms with Gasteiger partial charge in [0.25, 0.3) is 0 Å². The first-order chi connectivity index (χ1) is 7.59. The normalized spacial score (nSPS) is 10.5. The lowest BCUT2D eigenvalue weighted by atomic mass is 10.2. The minimum atomic E-state index is 0.00190. The van der Waals surface area contributed by atoms with Crippen LogP contribution in [0.4, 0.5) is 0 Å². The Balaban J connectivity index is 2.31. The van der Waals surface area contributed by atoms with Gasteiger partial charge in [-0.2, -0.15) is 0 Å². The average molecular weight is 259 g/mol. The van der Waals surface area contributed by atoms with Crippen molar-refractivity contribution < 1.29 is 4.79 Å². The minimum Gasteiger partial charge on any atom is -0.289 e. The number of halogens is 1. The monoisotopic (exact) mass is 258 g/mol. The van der Waals surface area contributed by atoms with Crippen molar-refractivity contribution in [3.05, 3.63) is 34.9 Å². The first-order valence-corrected chi connectivity index (χ1v) is 6.41. The summed E-state index contributed by atoms with van der Waals surface area (Å²) in [5.74, 6) is 1.19. The summed E-state index contributed by atoms with van der Waals surface area (Å²) in [6.07, 6.45) is 0. The van der Waals surface area contributed by atoms with Gasteiger partial charge in [-0.25, -0.2) is 5.01 Å². The molecule has 0 radical (unpaired) electrons. The fourth-order valence-electron chi connectivity index (χ4n) is 1.15. The van der Waals surface area contributed by atoms with E-state index in [4.69, 9.17) is 11.6 Å². The fraction of sp³-hybridized carbons (Fsp3) is 0.364. The van der Waals surface area contributed by atoms with Gasteiger partial charge in [-0.15, -0.1) is 11.8 Å². The largest absolute Gasteiger partial charge is 0.289 e. The van der Waals surface area contributed by atoms with Crippen LogP contribution < -0.4 is 5.43 Å². The lowest BCUT2D eigenvalue weighted by Crippen LogP contribution is -2.37. The molecule has 5 heteroatoms. The highest BCUT2D eigenvalue weighted by molar-refractivity contribution is 7.99. The van der Waals surface area contributed by atoms with Crippen molar-refractivity contribution >= 4 is 29.3 Å². The summed E-state index contributed by atoms with van der Waals surface area (Å²) in [4.78, 5) is 11.3. The first kappa shape index (κ1) is 13.4. The molecule has 0 heterocycles. The Kier molecular flexibility index (Phi) is 5.66. The number of benzene rings is 1. The summed E-state index contributed by atoms with van der Waals surface area (Å²) in [6, 6.07) is 7.67. The van der Waals surface area contributed by atoms with Crippen molar-refractivity contribution in [2.75, 3.05) is 19.8 Å². The van der Waals surface area contributed by atoms with Gasteiger partial charge in [0.2, 0.25) is 5.91 Å². The number of amides is 1. The molecule has 0 saturated heterocycles. The second kappa shape index (κ2) is 6.78. The third-order valence-corrected chi connectivity index (χ3v) is 3.15. The molecular weight excluding hydrogens is 244 g/mol. The molecule has 1 rings (SSSR count). The zero-order valence-corrected chi connectivity index (χ0v) is 10.9. The molecule has 0 fully saturated rings. The smallest absolute Gasteiger partial charge is 0.244 e. The highest BCUT2D eigenvalue weighted by atomic mass is 35.5. The maximum absolute atomic E-state index is 11.3. The number of nitrogens with one attached hydrogen (secondary N) is 1. The summed E-state index contributed by atoms with van der Waals surface area (Å²) >= 11 is 7.55. The summed E-state index contributed by atoms with van der Waals surface area (Å²) < 4.78 is 0. The molecule has 0 aliphatic carbocycles. The zero-order chi connectivity index (χ0) is 12.0. The van der Waals surface area contributed by atoms with Gasteiger partial charge in [0.05, 0.1) is 5.75 Å². The first-order valence-electron chi connectivity index (χ1n) is 4.87. The van der Waals surface area contributed by atoms with Crippen LogP contribution >= 0.6 is 23.4 Å². The Morgan fingerprint density at radius 1 is 1.44 bits per heavy atom. The molecule has 1 aromatic carbocycles. The molecule has 0 unspecified atom stereocenters. The van der Waals surface area contributed by atoms with Crippen LogP contribution in [0, 0.1) is 0 Å². The van der Waals surface area contributed by atoms with Gasteiger partial charge in [0.1, 0.15) is 0 Å². The predicted octanol–water partition coefficient (Wildman–Crippen LogP) is 2.17. The number of rotatable bonds is 5. The quantitative estimate of drug-likeness (QED) is 0.822. The van der Waals surface area contributed by atoms with E-state index in [1.165, 1.54) is 0 Å². The molecule has 0 aliphatic rings. The van der Waals surface area contributed by atoms with Crippen LogP contribution in [0.25, 0.3) is 0 Å². The molecular formula is C11H15ClN2OS. The Hall–Kier alpha value is -0.710. The molecule has 0 atom stereocenters. The van der Waals surface area contributed by atoms with E-state index in [1.54, 1.807) is 30.9 Å². The Morgan fingerprint density at radius 3 is 2.75 bits per heavy atom. The van der Waals surface area contributed by atoms with Crippen LogP contribution in [0.15, 0.2) is 24.3 Å². The summed E-state index contributed by atoms with van der Waals surface area (Å²) in [7, 11) is 3.58. The number of nitrogens with zero attached hydrogens (tertiary/aromatic N) is 1. The van der Waals surface area contributed by atoms with Gasteiger partial charge in [0.15, 0.2) is 0 Å². The second-order valence-corrected chi connectivity index (χ2v) is 4.91. The van der Waals surface area contributed by atoms with Gasteiger partial charge in [-0.05, 0) is 11.6 Å². The van der Waals surface area contributed by atoms with E-state index >= 15 is 0 Å². The summed E-state index contributed by atoms with van der Waals surface area (Å²) in [5.41, 5.74) is 3.75. The topological polar surface area (TPSA) is 32.3 Å². The molecule has 88 valence electrons. The molecule has 3 nitrogen and oxygen atoms in total. The van der Waals surface area contributed by atoms with Crippen molar-refractivity contribution in [1.29, 1.82) is 0 Å². The lowest BCUT2D eigenvalue weighted by Gasteiger charge is -2.11. The molecule has 0 saturated carbocycles. The Labute approximate surface area is 105 Å². The number of hydrazine groups is 1. The maximum Gasteiger partial charge on any atom is 0.244 e. The molecule has 16 heavy (non-hydrogen) atoms. The number of carbonyl (C=O) groups excluding carboxylic acids is 1. The van der Waals surface area contributed by atoms with Gasteiger partial charge in [0, 0.05) is 24.9 Å². The molecule has 0 bridgehead atoms. The van der Waals surface area contributed by atoms with Crippen LogP contribution in [0.3, 0.4) is 0 Å². The Morgan fingerprint density at radius 2 is 2.12 bits per heavy atom. The van der Waals surface area contributed by atoms with E-state index in [1.807, 2.05) is 24.3 Å². The number of hydrogen-bond acceptors (Lipinski definition) is 3. The average Bonchev–Trinajstić information content (AvgIpc) is 2.19. The van der Waals surface area contributed by atoms with E-state index in [-0.39, 0.29) is 5.91 Å². The molecule has 1 N–H and O–H groups in total. The Bertz CT molecular complexity index is 358.